The number of anilines is 2. The number of ether oxygens (including phenoxy) is 1. The quantitative estimate of drug-likeness (QED) is 0.180. The molecule has 3 aromatic carbocycles. The molecule has 0 bridgehead atoms. The van der Waals surface area contributed by atoms with Gasteiger partial charge in [-0.05, 0) is 66.6 Å². The topological polar surface area (TPSA) is 71.7 Å². The molecule has 2 aromatic heterocycles. The molecular formula is C33H31FN4O3. The second-order valence-electron chi connectivity index (χ2n) is 10.3. The van der Waals surface area contributed by atoms with Crippen LogP contribution in [0.4, 0.5) is 16.0 Å². The van der Waals surface area contributed by atoms with Crippen molar-refractivity contribution < 1.29 is 18.3 Å². The number of hydrogen-bond donors (Lipinski definition) is 0. The van der Waals surface area contributed by atoms with Gasteiger partial charge in [0.05, 0.1) is 12.8 Å². The number of piperidine rings is 1. The number of fused-ring (bicyclic) bond motifs is 1. The smallest absolute Gasteiger partial charge is 0.228 e. The third kappa shape index (κ3) is 6.06. The van der Waals surface area contributed by atoms with Gasteiger partial charge in [0.15, 0.2) is 5.78 Å². The van der Waals surface area contributed by atoms with Gasteiger partial charge in [-0.3, -0.25) is 4.79 Å². The summed E-state index contributed by atoms with van der Waals surface area (Å²) in [7, 11) is 1.89. The van der Waals surface area contributed by atoms with Crippen molar-refractivity contribution in [2.45, 2.75) is 32.2 Å². The number of carbonyl (C=O) groups is 1. The van der Waals surface area contributed by atoms with Crippen molar-refractivity contribution in [2.24, 2.45) is 0 Å². The van der Waals surface area contributed by atoms with E-state index in [1.54, 1.807) is 18.5 Å². The molecule has 8 heteroatoms. The maximum Gasteiger partial charge on any atom is 0.228 e. The van der Waals surface area contributed by atoms with E-state index < -0.39 is 0 Å². The first-order valence-electron chi connectivity index (χ1n) is 13.9. The Balaban J connectivity index is 1.23. The minimum Gasteiger partial charge on any atom is -0.467 e. The van der Waals surface area contributed by atoms with Gasteiger partial charge in [0.2, 0.25) is 11.8 Å². The summed E-state index contributed by atoms with van der Waals surface area (Å²) in [6, 6.07) is 21.7. The summed E-state index contributed by atoms with van der Waals surface area (Å²) in [6.45, 7) is 2.29. The summed E-state index contributed by atoms with van der Waals surface area (Å²) in [5, 5.41) is 1.75. The molecule has 208 valence electrons. The van der Waals surface area contributed by atoms with Crippen molar-refractivity contribution in [1.82, 2.24) is 9.97 Å². The first-order chi connectivity index (χ1) is 20.0. The number of rotatable bonds is 9. The van der Waals surface area contributed by atoms with Gasteiger partial charge in [-0.1, -0.05) is 30.3 Å². The van der Waals surface area contributed by atoms with E-state index in [1.165, 1.54) is 18.6 Å². The normalized spacial score (nSPS) is 13.4. The van der Waals surface area contributed by atoms with Crippen LogP contribution < -0.4 is 14.5 Å². The fraction of sp³-hybridized carbons (Fsp3) is 0.242. The van der Waals surface area contributed by atoms with E-state index in [-0.39, 0.29) is 18.0 Å². The standard InChI is InChI=1S/C33H31FN4O3/c1-37(22-27-8-7-17-40-27)33-35-14-13-32(36-33)41-31-12-11-23(28-9-3-4-10-29(28)31)20-30(39)24-18-25(34)21-26(19-24)38-15-5-2-6-16-38/h3-4,7-14,17-19,21H,2,5-6,15-16,20,22H2,1H3. The molecule has 0 spiro atoms. The molecule has 0 radical (unpaired) electrons. The number of hydrogen-bond acceptors (Lipinski definition) is 7. The number of Topliss-reactive ketones (excluding diaryl/α,β-unsaturated/α-hetero) is 1. The lowest BCUT2D eigenvalue weighted by molar-refractivity contribution is 0.0993. The second kappa shape index (κ2) is 11.8. The minimum atomic E-state index is -0.385. The van der Waals surface area contributed by atoms with E-state index in [4.69, 9.17) is 9.15 Å². The lowest BCUT2D eigenvalue weighted by Crippen LogP contribution is -2.29. The van der Waals surface area contributed by atoms with E-state index in [1.807, 2.05) is 66.5 Å². The number of carbonyl (C=O) groups excluding carboxylic acids is 1. The van der Waals surface area contributed by atoms with Crippen molar-refractivity contribution in [2.75, 3.05) is 29.9 Å². The summed E-state index contributed by atoms with van der Waals surface area (Å²) >= 11 is 0. The first-order valence-corrected chi connectivity index (χ1v) is 13.9. The van der Waals surface area contributed by atoms with Crippen LogP contribution >= 0.6 is 0 Å². The number of furan rings is 1. The molecule has 7 nitrogen and oxygen atoms in total. The van der Waals surface area contributed by atoms with Crippen LogP contribution in [-0.2, 0) is 13.0 Å². The number of halogens is 1. The lowest BCUT2D eigenvalue weighted by Gasteiger charge is -2.29. The number of benzene rings is 3. The molecular weight excluding hydrogens is 519 g/mol. The average Bonchev–Trinajstić information content (AvgIpc) is 3.52. The van der Waals surface area contributed by atoms with Gasteiger partial charge in [0, 0.05) is 55.5 Å². The highest BCUT2D eigenvalue weighted by molar-refractivity contribution is 6.01. The molecule has 5 aromatic rings. The van der Waals surface area contributed by atoms with Crippen LogP contribution in [0.2, 0.25) is 0 Å². The Bertz CT molecular complexity index is 1660. The molecule has 0 unspecified atom stereocenters. The molecule has 0 amide bonds. The Morgan fingerprint density at radius 2 is 1.83 bits per heavy atom. The van der Waals surface area contributed by atoms with Gasteiger partial charge in [0.25, 0.3) is 0 Å². The number of aromatic nitrogens is 2. The van der Waals surface area contributed by atoms with Crippen molar-refractivity contribution in [3.05, 3.63) is 108 Å². The Morgan fingerprint density at radius 1 is 1.00 bits per heavy atom. The highest BCUT2D eigenvalue weighted by Crippen LogP contribution is 2.33. The van der Waals surface area contributed by atoms with E-state index >= 15 is 0 Å². The summed E-state index contributed by atoms with van der Waals surface area (Å²) in [5.41, 5.74) is 2.02. The lowest BCUT2D eigenvalue weighted by atomic mass is 9.96. The van der Waals surface area contributed by atoms with Crippen molar-refractivity contribution in [3.63, 3.8) is 0 Å². The zero-order valence-corrected chi connectivity index (χ0v) is 22.9. The third-order valence-electron chi connectivity index (χ3n) is 7.40. The van der Waals surface area contributed by atoms with Crippen LogP contribution in [0.5, 0.6) is 11.6 Å². The molecule has 41 heavy (non-hydrogen) atoms. The maximum absolute atomic E-state index is 14.6. The van der Waals surface area contributed by atoms with Gasteiger partial charge < -0.3 is 19.0 Å². The largest absolute Gasteiger partial charge is 0.467 e. The van der Waals surface area contributed by atoms with E-state index in [9.17, 15) is 9.18 Å². The summed E-state index contributed by atoms with van der Waals surface area (Å²) < 4.78 is 26.2. The van der Waals surface area contributed by atoms with Crippen molar-refractivity contribution in [3.8, 4) is 11.6 Å². The maximum atomic E-state index is 14.6. The van der Waals surface area contributed by atoms with Crippen molar-refractivity contribution in [1.29, 1.82) is 0 Å². The van der Waals surface area contributed by atoms with Crippen LogP contribution in [-0.4, -0.2) is 35.9 Å². The van der Waals surface area contributed by atoms with Crippen LogP contribution in [0.3, 0.4) is 0 Å². The monoisotopic (exact) mass is 550 g/mol. The molecule has 0 saturated carbocycles. The van der Waals surface area contributed by atoms with Crippen LogP contribution in [0.25, 0.3) is 10.8 Å². The van der Waals surface area contributed by atoms with Crippen LogP contribution in [0, 0.1) is 5.82 Å². The minimum absolute atomic E-state index is 0.124. The highest BCUT2D eigenvalue weighted by Gasteiger charge is 2.18. The number of nitrogens with zero attached hydrogens (tertiary/aromatic N) is 4. The molecule has 1 aliphatic heterocycles. The molecule has 1 fully saturated rings. The molecule has 1 aliphatic rings. The summed E-state index contributed by atoms with van der Waals surface area (Å²) in [4.78, 5) is 26.4. The van der Waals surface area contributed by atoms with Gasteiger partial charge in [-0.2, -0.15) is 4.98 Å². The Labute approximate surface area is 238 Å². The zero-order valence-electron chi connectivity index (χ0n) is 22.9. The van der Waals surface area contributed by atoms with Gasteiger partial charge in [-0.15, -0.1) is 0 Å². The SMILES string of the molecule is CN(Cc1ccco1)c1nccc(Oc2ccc(CC(=O)c3cc(F)cc(N4CCCCC4)c3)c3ccccc23)n1. The van der Waals surface area contributed by atoms with Crippen LogP contribution in [0.15, 0.2) is 89.7 Å². The molecule has 0 atom stereocenters. The predicted molar refractivity (Wildman–Crippen MR) is 157 cm³/mol. The Morgan fingerprint density at radius 3 is 2.63 bits per heavy atom. The van der Waals surface area contributed by atoms with Gasteiger partial charge in [0.1, 0.15) is 17.3 Å². The highest BCUT2D eigenvalue weighted by atomic mass is 19.1. The number of ketones is 1. The van der Waals surface area contributed by atoms with E-state index in [0.29, 0.717) is 29.7 Å². The average molecular weight is 551 g/mol. The predicted octanol–water partition coefficient (Wildman–Crippen LogP) is 7.21. The fourth-order valence-corrected chi connectivity index (χ4v) is 5.31. The second-order valence-corrected chi connectivity index (χ2v) is 10.3. The van der Waals surface area contributed by atoms with E-state index in [2.05, 4.69) is 14.9 Å². The van der Waals surface area contributed by atoms with Crippen molar-refractivity contribution >= 4 is 28.2 Å². The van der Waals surface area contributed by atoms with Gasteiger partial charge >= 0.3 is 0 Å². The molecule has 0 aliphatic carbocycles. The molecule has 3 heterocycles. The first kappa shape index (κ1) is 26.5. The molecule has 0 N–H and O–H groups in total. The van der Waals surface area contributed by atoms with E-state index in [0.717, 1.165) is 53.7 Å². The van der Waals surface area contributed by atoms with Crippen LogP contribution in [0.1, 0.15) is 40.9 Å². The summed E-state index contributed by atoms with van der Waals surface area (Å²) in [6.07, 6.45) is 6.79. The summed E-state index contributed by atoms with van der Waals surface area (Å²) in [5.74, 6) is 1.82. The molecule has 1 saturated heterocycles. The van der Waals surface area contributed by atoms with Gasteiger partial charge in [-0.25, -0.2) is 9.37 Å². The Hall–Kier alpha value is -4.72. The fourth-order valence-electron chi connectivity index (χ4n) is 5.31. The Kier molecular flexibility index (Phi) is 7.63. The molecule has 6 rings (SSSR count). The zero-order chi connectivity index (χ0) is 28.2. The third-order valence-corrected chi connectivity index (χ3v) is 7.40.